The number of aryl methyl sites for hydroxylation is 1. The number of allylic oxidation sites excluding steroid dienone is 1. The molecule has 2 atom stereocenters. The van der Waals surface area contributed by atoms with Crippen LogP contribution in [0.15, 0.2) is 64.3 Å². The van der Waals surface area contributed by atoms with E-state index in [1.807, 2.05) is 37.3 Å². The third-order valence-corrected chi connectivity index (χ3v) is 6.04. The van der Waals surface area contributed by atoms with Crippen LogP contribution in [-0.4, -0.2) is 24.6 Å². The maximum absolute atomic E-state index is 13.0. The van der Waals surface area contributed by atoms with Crippen LogP contribution in [0.4, 0.5) is 0 Å². The molecule has 2 aromatic rings. The van der Waals surface area contributed by atoms with E-state index in [2.05, 4.69) is 18.8 Å². The minimum Gasteiger partial charge on any atom is -0.507 e. The first-order valence-electron chi connectivity index (χ1n) is 12.5. The molecule has 36 heavy (non-hydrogen) atoms. The van der Waals surface area contributed by atoms with Gasteiger partial charge in [0, 0.05) is 17.9 Å². The second-order valence-electron chi connectivity index (χ2n) is 9.00. The number of hydrogen-bond donors (Lipinski definition) is 2. The lowest BCUT2D eigenvalue weighted by atomic mass is 9.93. The Balaban J connectivity index is 1.97. The van der Waals surface area contributed by atoms with Gasteiger partial charge in [0.25, 0.3) is 0 Å². The minimum atomic E-state index is -0.798. The Kier molecular flexibility index (Phi) is 11.8. The van der Waals surface area contributed by atoms with E-state index in [4.69, 9.17) is 13.9 Å². The molecule has 7 nitrogen and oxygen atoms in total. The van der Waals surface area contributed by atoms with Crippen molar-refractivity contribution in [2.75, 3.05) is 13.7 Å². The van der Waals surface area contributed by atoms with Crippen molar-refractivity contribution in [1.29, 1.82) is 0 Å². The SMILES string of the molecule is C=C(N/C=C/CCC(C)c1cc(O)c(C(=O)C(C)CCc2cccc(OCCCC)c2)c(=O)o1)OC. The van der Waals surface area contributed by atoms with E-state index in [1.165, 1.54) is 13.2 Å². The van der Waals surface area contributed by atoms with Crippen LogP contribution in [0, 0.1) is 5.92 Å². The van der Waals surface area contributed by atoms with Crippen molar-refractivity contribution in [2.24, 2.45) is 5.92 Å². The fourth-order valence-electron chi connectivity index (χ4n) is 3.64. The van der Waals surface area contributed by atoms with Crippen LogP contribution < -0.4 is 15.7 Å². The van der Waals surface area contributed by atoms with Gasteiger partial charge in [-0.2, -0.15) is 0 Å². The number of ether oxygens (including phenoxy) is 2. The first-order valence-corrected chi connectivity index (χ1v) is 12.5. The van der Waals surface area contributed by atoms with Crippen molar-refractivity contribution in [1.82, 2.24) is 5.32 Å². The van der Waals surface area contributed by atoms with Crippen molar-refractivity contribution in [2.45, 2.75) is 65.2 Å². The number of ketones is 1. The molecule has 0 bridgehead atoms. The van der Waals surface area contributed by atoms with Crippen molar-refractivity contribution >= 4 is 5.78 Å². The van der Waals surface area contributed by atoms with Gasteiger partial charge in [-0.05, 0) is 62.6 Å². The number of carbonyl (C=O) groups is 1. The number of carbonyl (C=O) groups excluding carboxylic acids is 1. The quantitative estimate of drug-likeness (QED) is 0.165. The van der Waals surface area contributed by atoms with Gasteiger partial charge >= 0.3 is 5.63 Å². The topological polar surface area (TPSA) is 98.0 Å². The van der Waals surface area contributed by atoms with Crippen LogP contribution in [0.5, 0.6) is 11.5 Å². The predicted molar refractivity (Wildman–Crippen MR) is 141 cm³/mol. The normalized spacial score (nSPS) is 12.8. The maximum atomic E-state index is 13.0. The summed E-state index contributed by atoms with van der Waals surface area (Å²) < 4.78 is 16.1. The summed E-state index contributed by atoms with van der Waals surface area (Å²) in [5.74, 6) is 0.292. The summed E-state index contributed by atoms with van der Waals surface area (Å²) in [7, 11) is 1.53. The van der Waals surface area contributed by atoms with Gasteiger partial charge < -0.3 is 24.3 Å². The smallest absolute Gasteiger partial charge is 0.350 e. The molecule has 2 unspecified atom stereocenters. The average molecular weight is 498 g/mol. The van der Waals surface area contributed by atoms with E-state index in [0.29, 0.717) is 43.9 Å². The Bertz CT molecular complexity index is 1090. The zero-order valence-corrected chi connectivity index (χ0v) is 21.8. The van der Waals surface area contributed by atoms with Crippen LogP contribution >= 0.6 is 0 Å². The first kappa shape index (κ1) is 28.8. The number of Topliss-reactive ketones (excluding diaryl/α,β-unsaturated/α-hetero) is 1. The number of benzene rings is 1. The van der Waals surface area contributed by atoms with Gasteiger partial charge in [-0.15, -0.1) is 0 Å². The van der Waals surface area contributed by atoms with Crippen LogP contribution in [-0.2, 0) is 11.2 Å². The molecule has 2 rings (SSSR count). The van der Waals surface area contributed by atoms with Crippen LogP contribution in [0.1, 0.15) is 80.5 Å². The average Bonchev–Trinajstić information content (AvgIpc) is 2.86. The lowest BCUT2D eigenvalue weighted by Gasteiger charge is -2.14. The fraction of sp³-hybridized carbons (Fsp3) is 0.448. The molecule has 1 aromatic heterocycles. The molecule has 1 heterocycles. The van der Waals surface area contributed by atoms with Gasteiger partial charge in [-0.1, -0.05) is 45.4 Å². The molecule has 0 fully saturated rings. The number of rotatable bonds is 16. The Morgan fingerprint density at radius 2 is 2.03 bits per heavy atom. The van der Waals surface area contributed by atoms with Gasteiger partial charge in [-0.25, -0.2) is 4.79 Å². The summed E-state index contributed by atoms with van der Waals surface area (Å²) >= 11 is 0. The Hall–Kier alpha value is -3.48. The number of unbranched alkanes of at least 4 members (excludes halogenated alkanes) is 1. The molecule has 0 spiro atoms. The van der Waals surface area contributed by atoms with Gasteiger partial charge in [0.05, 0.1) is 13.7 Å². The molecule has 0 saturated carbocycles. The van der Waals surface area contributed by atoms with Crippen LogP contribution in [0.2, 0.25) is 0 Å². The van der Waals surface area contributed by atoms with Crippen molar-refractivity contribution in [3.05, 3.63) is 82.4 Å². The zero-order chi connectivity index (χ0) is 26.5. The lowest BCUT2D eigenvalue weighted by Crippen LogP contribution is -2.21. The summed E-state index contributed by atoms with van der Waals surface area (Å²) in [6.45, 7) is 10.1. The van der Waals surface area contributed by atoms with Crippen LogP contribution in [0.25, 0.3) is 0 Å². The highest BCUT2D eigenvalue weighted by Gasteiger charge is 2.25. The van der Waals surface area contributed by atoms with E-state index in [1.54, 1.807) is 13.1 Å². The first-order chi connectivity index (χ1) is 17.3. The van der Waals surface area contributed by atoms with Gasteiger partial charge in [0.2, 0.25) is 0 Å². The van der Waals surface area contributed by atoms with E-state index in [0.717, 1.165) is 24.2 Å². The minimum absolute atomic E-state index is 0.118. The van der Waals surface area contributed by atoms with E-state index in [9.17, 15) is 14.7 Å². The molecule has 1 aromatic carbocycles. The number of methoxy groups -OCH3 is 1. The Morgan fingerprint density at radius 1 is 1.25 bits per heavy atom. The Labute approximate surface area is 213 Å². The second kappa shape index (κ2) is 14.8. The molecule has 7 heteroatoms. The molecular formula is C29H39NO6. The van der Waals surface area contributed by atoms with Gasteiger partial charge in [0.15, 0.2) is 11.7 Å². The van der Waals surface area contributed by atoms with Gasteiger partial charge in [-0.3, -0.25) is 4.79 Å². The third kappa shape index (κ3) is 8.95. The molecule has 0 saturated heterocycles. The summed E-state index contributed by atoms with van der Waals surface area (Å²) in [5, 5.41) is 13.4. The molecule has 0 amide bonds. The highest BCUT2D eigenvalue weighted by atomic mass is 16.5. The van der Waals surface area contributed by atoms with E-state index >= 15 is 0 Å². The number of nitrogens with one attached hydrogen (secondary N) is 1. The number of hydrogen-bond acceptors (Lipinski definition) is 7. The molecule has 196 valence electrons. The molecule has 2 N–H and O–H groups in total. The highest BCUT2D eigenvalue weighted by Crippen LogP contribution is 2.27. The fourth-order valence-corrected chi connectivity index (χ4v) is 3.64. The van der Waals surface area contributed by atoms with Gasteiger partial charge in [0.1, 0.15) is 22.8 Å². The van der Waals surface area contributed by atoms with E-state index in [-0.39, 0.29) is 17.2 Å². The molecular weight excluding hydrogens is 458 g/mol. The summed E-state index contributed by atoms with van der Waals surface area (Å²) in [6, 6.07) is 9.22. The number of aromatic hydroxyl groups is 1. The zero-order valence-electron chi connectivity index (χ0n) is 21.8. The van der Waals surface area contributed by atoms with E-state index < -0.39 is 17.3 Å². The predicted octanol–water partition coefficient (Wildman–Crippen LogP) is 6.08. The Morgan fingerprint density at radius 3 is 2.72 bits per heavy atom. The van der Waals surface area contributed by atoms with Crippen molar-refractivity contribution in [3.8, 4) is 11.5 Å². The largest absolute Gasteiger partial charge is 0.507 e. The summed E-state index contributed by atoms with van der Waals surface area (Å²) in [4.78, 5) is 25.6. The molecule has 0 radical (unpaired) electrons. The summed E-state index contributed by atoms with van der Waals surface area (Å²) in [5.41, 5.74) is -0.0224. The highest BCUT2D eigenvalue weighted by molar-refractivity contribution is 5.99. The van der Waals surface area contributed by atoms with Crippen molar-refractivity contribution < 1.29 is 23.8 Å². The monoisotopic (exact) mass is 497 g/mol. The van der Waals surface area contributed by atoms with Crippen molar-refractivity contribution in [3.63, 3.8) is 0 Å². The maximum Gasteiger partial charge on any atom is 0.350 e. The lowest BCUT2D eigenvalue weighted by molar-refractivity contribution is 0.0916. The second-order valence-corrected chi connectivity index (χ2v) is 9.00. The molecule has 0 aliphatic carbocycles. The standard InChI is InChI=1S/C29H39NO6/c1-6-7-17-35-24-13-10-12-23(18-24)15-14-21(3)28(32)27-25(31)19-26(36-29(27)33)20(2)11-8-9-16-30-22(4)34-5/h9-10,12-13,16,18-21,30-31H,4,6-8,11,14-15,17H2,1-3,5H3/b16-9+. The third-order valence-electron chi connectivity index (χ3n) is 6.04. The van der Waals surface area contributed by atoms with Crippen LogP contribution in [0.3, 0.4) is 0 Å². The summed E-state index contributed by atoms with van der Waals surface area (Å²) in [6.07, 6.45) is 8.28. The molecule has 0 aliphatic rings. The molecule has 0 aliphatic heterocycles.